The summed E-state index contributed by atoms with van der Waals surface area (Å²) < 4.78 is 0. The minimum Gasteiger partial charge on any atom is -0.385 e. The van der Waals surface area contributed by atoms with Crippen molar-refractivity contribution in [2.75, 3.05) is 13.1 Å². The SMILES string of the molecule is Cl.OC1(c2cc(Cl)cc3[nH]ncc23)C[C@H]2CNC[C@H]2C1. The summed E-state index contributed by atoms with van der Waals surface area (Å²) in [5, 5.41) is 23.1. The summed E-state index contributed by atoms with van der Waals surface area (Å²) in [6, 6.07) is 3.75. The Kier molecular flexibility index (Phi) is 3.45. The number of fused-ring (bicyclic) bond motifs is 2. The van der Waals surface area contributed by atoms with Crippen molar-refractivity contribution in [3.05, 3.63) is 28.9 Å². The number of hydrogen-bond donors (Lipinski definition) is 3. The third kappa shape index (κ3) is 2.02. The van der Waals surface area contributed by atoms with E-state index in [0.29, 0.717) is 16.9 Å². The summed E-state index contributed by atoms with van der Waals surface area (Å²) >= 11 is 6.17. The number of benzene rings is 1. The number of aromatic amines is 1. The van der Waals surface area contributed by atoms with E-state index in [0.717, 1.165) is 42.4 Å². The molecule has 0 radical (unpaired) electrons. The van der Waals surface area contributed by atoms with Crippen LogP contribution in [0.1, 0.15) is 18.4 Å². The molecule has 1 aliphatic heterocycles. The third-order valence-corrected chi connectivity index (χ3v) is 4.92. The maximum atomic E-state index is 11.1. The van der Waals surface area contributed by atoms with Crippen molar-refractivity contribution in [1.29, 1.82) is 0 Å². The average Bonchev–Trinajstić information content (AvgIpc) is 3.01. The van der Waals surface area contributed by atoms with Gasteiger partial charge in [-0.3, -0.25) is 5.10 Å². The van der Waals surface area contributed by atoms with E-state index in [-0.39, 0.29) is 12.4 Å². The van der Waals surface area contributed by atoms with Gasteiger partial charge in [0.05, 0.1) is 17.3 Å². The lowest BCUT2D eigenvalue weighted by Gasteiger charge is -2.25. The summed E-state index contributed by atoms with van der Waals surface area (Å²) in [4.78, 5) is 0. The molecule has 0 spiro atoms. The molecule has 1 saturated heterocycles. The predicted molar refractivity (Wildman–Crippen MR) is 81.3 cm³/mol. The highest BCUT2D eigenvalue weighted by molar-refractivity contribution is 6.31. The number of aromatic nitrogens is 2. The van der Waals surface area contributed by atoms with Crippen LogP contribution in [0, 0.1) is 11.8 Å². The third-order valence-electron chi connectivity index (χ3n) is 4.70. The predicted octanol–water partition coefficient (Wildman–Crippen LogP) is 2.46. The number of rotatable bonds is 1. The molecule has 1 unspecified atom stereocenters. The maximum Gasteiger partial charge on any atom is 0.0910 e. The quantitative estimate of drug-likeness (QED) is 0.758. The molecular formula is C14H17Cl2N3O. The van der Waals surface area contributed by atoms with Crippen LogP contribution in [-0.4, -0.2) is 28.4 Å². The van der Waals surface area contributed by atoms with Gasteiger partial charge < -0.3 is 10.4 Å². The van der Waals surface area contributed by atoms with Crippen LogP contribution in [-0.2, 0) is 5.60 Å². The van der Waals surface area contributed by atoms with E-state index in [1.54, 1.807) is 6.20 Å². The number of hydrogen-bond acceptors (Lipinski definition) is 3. The Labute approximate surface area is 128 Å². The zero-order valence-electron chi connectivity index (χ0n) is 10.9. The van der Waals surface area contributed by atoms with E-state index in [9.17, 15) is 5.11 Å². The van der Waals surface area contributed by atoms with Gasteiger partial charge in [-0.05, 0) is 55.5 Å². The van der Waals surface area contributed by atoms with Crippen LogP contribution >= 0.6 is 24.0 Å². The van der Waals surface area contributed by atoms with Crippen molar-refractivity contribution in [2.24, 2.45) is 11.8 Å². The van der Waals surface area contributed by atoms with Crippen molar-refractivity contribution in [2.45, 2.75) is 18.4 Å². The molecule has 2 aromatic rings. The van der Waals surface area contributed by atoms with Gasteiger partial charge in [-0.1, -0.05) is 11.6 Å². The van der Waals surface area contributed by atoms with E-state index in [2.05, 4.69) is 15.5 Å². The first-order chi connectivity index (χ1) is 9.16. The van der Waals surface area contributed by atoms with Gasteiger partial charge in [0.15, 0.2) is 0 Å². The zero-order valence-corrected chi connectivity index (χ0v) is 12.5. The van der Waals surface area contributed by atoms with Crippen LogP contribution in [0.4, 0.5) is 0 Å². The Bertz CT molecular complexity index is 630. The molecular weight excluding hydrogens is 297 g/mol. The minimum atomic E-state index is -0.759. The molecule has 0 amide bonds. The second-order valence-corrected chi connectivity index (χ2v) is 6.34. The highest BCUT2D eigenvalue weighted by Crippen LogP contribution is 2.49. The first-order valence-corrected chi connectivity index (χ1v) is 7.10. The summed E-state index contributed by atoms with van der Waals surface area (Å²) in [6.07, 6.45) is 3.40. The highest BCUT2D eigenvalue weighted by Gasteiger charge is 2.47. The van der Waals surface area contributed by atoms with Crippen LogP contribution in [0.25, 0.3) is 10.9 Å². The lowest BCUT2D eigenvalue weighted by molar-refractivity contribution is 0.0374. The molecule has 3 N–H and O–H groups in total. The smallest absolute Gasteiger partial charge is 0.0910 e. The molecule has 20 heavy (non-hydrogen) atoms. The van der Waals surface area contributed by atoms with Gasteiger partial charge in [0.1, 0.15) is 0 Å². The number of halogens is 2. The summed E-state index contributed by atoms with van der Waals surface area (Å²) in [6.45, 7) is 2.03. The Morgan fingerprint density at radius 2 is 1.95 bits per heavy atom. The minimum absolute atomic E-state index is 0. The summed E-state index contributed by atoms with van der Waals surface area (Å²) in [5.41, 5.74) is 1.06. The molecule has 1 aromatic heterocycles. The molecule has 6 heteroatoms. The molecule has 2 aliphatic rings. The maximum absolute atomic E-state index is 11.1. The van der Waals surface area contributed by atoms with Gasteiger partial charge in [0, 0.05) is 10.4 Å². The highest BCUT2D eigenvalue weighted by atomic mass is 35.5. The average molecular weight is 314 g/mol. The lowest BCUT2D eigenvalue weighted by Crippen LogP contribution is -2.25. The molecule has 0 bridgehead atoms. The van der Waals surface area contributed by atoms with Gasteiger partial charge in [0.2, 0.25) is 0 Å². The first kappa shape index (κ1) is 14.1. The number of nitrogens with one attached hydrogen (secondary N) is 2. The Morgan fingerprint density at radius 1 is 1.25 bits per heavy atom. The number of nitrogens with zero attached hydrogens (tertiary/aromatic N) is 1. The second-order valence-electron chi connectivity index (χ2n) is 5.90. The largest absolute Gasteiger partial charge is 0.385 e. The molecule has 4 nitrogen and oxygen atoms in total. The fourth-order valence-electron chi connectivity index (χ4n) is 3.84. The second kappa shape index (κ2) is 4.88. The van der Waals surface area contributed by atoms with Gasteiger partial charge in [-0.25, -0.2) is 0 Å². The van der Waals surface area contributed by atoms with E-state index in [1.165, 1.54) is 0 Å². The topological polar surface area (TPSA) is 60.9 Å². The zero-order chi connectivity index (χ0) is 13.0. The van der Waals surface area contributed by atoms with Crippen molar-refractivity contribution in [1.82, 2.24) is 15.5 Å². The lowest BCUT2D eigenvalue weighted by atomic mass is 9.88. The number of H-pyrrole nitrogens is 1. The molecule has 1 saturated carbocycles. The van der Waals surface area contributed by atoms with Crippen molar-refractivity contribution < 1.29 is 5.11 Å². The molecule has 108 valence electrons. The monoisotopic (exact) mass is 313 g/mol. The van der Waals surface area contributed by atoms with Crippen LogP contribution < -0.4 is 5.32 Å². The van der Waals surface area contributed by atoms with E-state index >= 15 is 0 Å². The standard InChI is InChI=1S/C14H16ClN3O.ClH/c15-10-1-12(11-7-17-18-13(11)2-10)14(19)3-8-5-16-6-9(8)4-14;/h1-2,7-9,16,19H,3-6H2,(H,17,18);1H/t8-,9+,14?;. The molecule has 1 aliphatic carbocycles. The molecule has 4 rings (SSSR count). The van der Waals surface area contributed by atoms with Crippen LogP contribution in [0.15, 0.2) is 18.3 Å². The fourth-order valence-corrected chi connectivity index (χ4v) is 4.06. The molecule has 2 fully saturated rings. The summed E-state index contributed by atoms with van der Waals surface area (Å²) in [7, 11) is 0. The van der Waals surface area contributed by atoms with E-state index < -0.39 is 5.60 Å². The van der Waals surface area contributed by atoms with Crippen molar-refractivity contribution >= 4 is 34.9 Å². The Morgan fingerprint density at radius 3 is 2.65 bits per heavy atom. The van der Waals surface area contributed by atoms with Gasteiger partial charge >= 0.3 is 0 Å². The number of aliphatic hydroxyl groups is 1. The van der Waals surface area contributed by atoms with E-state index in [4.69, 9.17) is 11.6 Å². The van der Waals surface area contributed by atoms with Crippen LogP contribution in [0.3, 0.4) is 0 Å². The Balaban J connectivity index is 0.00000121. The van der Waals surface area contributed by atoms with Crippen LogP contribution in [0.5, 0.6) is 0 Å². The van der Waals surface area contributed by atoms with Crippen LogP contribution in [0.2, 0.25) is 5.02 Å². The van der Waals surface area contributed by atoms with Crippen molar-refractivity contribution in [3.63, 3.8) is 0 Å². The fraction of sp³-hybridized carbons (Fsp3) is 0.500. The normalized spacial score (nSPS) is 32.3. The molecule has 2 heterocycles. The Hall–Kier alpha value is -0.810. The molecule has 1 aromatic carbocycles. The van der Waals surface area contributed by atoms with Gasteiger partial charge in [-0.15, -0.1) is 12.4 Å². The molecule has 3 atom stereocenters. The van der Waals surface area contributed by atoms with Crippen molar-refractivity contribution in [3.8, 4) is 0 Å². The van der Waals surface area contributed by atoms with Gasteiger partial charge in [0.25, 0.3) is 0 Å². The van der Waals surface area contributed by atoms with Gasteiger partial charge in [-0.2, -0.15) is 5.10 Å². The summed E-state index contributed by atoms with van der Waals surface area (Å²) in [5.74, 6) is 1.15. The van der Waals surface area contributed by atoms with E-state index in [1.807, 2.05) is 12.1 Å². The first-order valence-electron chi connectivity index (χ1n) is 6.72.